The lowest BCUT2D eigenvalue weighted by Crippen LogP contribution is -2.17. The lowest BCUT2D eigenvalue weighted by atomic mass is 9.98. The number of oxime groups is 1. The third-order valence-electron chi connectivity index (χ3n) is 6.25. The monoisotopic (exact) mass is 553 g/mol. The van der Waals surface area contributed by atoms with Crippen molar-refractivity contribution in [2.24, 2.45) is 10.9 Å². The van der Waals surface area contributed by atoms with Crippen molar-refractivity contribution in [3.8, 4) is 11.1 Å². The Bertz CT molecular complexity index is 1690. The normalized spacial score (nSPS) is 11.4. The largest absolute Gasteiger partial charge is 0.465 e. The van der Waals surface area contributed by atoms with Crippen LogP contribution in [0.1, 0.15) is 28.4 Å². The fourth-order valence-electron chi connectivity index (χ4n) is 4.39. The number of anilines is 1. The van der Waals surface area contributed by atoms with Crippen LogP contribution in [0.3, 0.4) is 0 Å². The summed E-state index contributed by atoms with van der Waals surface area (Å²) in [4.78, 5) is 26.5. The number of fused-ring (bicyclic) bond motifs is 1. The zero-order valence-electron chi connectivity index (χ0n) is 21.9. The molecule has 3 N–H and O–H groups in total. The molecule has 0 saturated heterocycles. The number of benzene rings is 3. The first-order valence-corrected chi connectivity index (χ1v) is 12.9. The van der Waals surface area contributed by atoms with Crippen molar-refractivity contribution in [2.45, 2.75) is 13.5 Å². The van der Waals surface area contributed by atoms with Gasteiger partial charge in [-0.1, -0.05) is 59.8 Å². The van der Waals surface area contributed by atoms with E-state index in [1.54, 1.807) is 24.5 Å². The number of nitrogens with two attached hydrogens (primary N) is 1. The number of methoxy groups -OCH3 is 1. The van der Waals surface area contributed by atoms with Crippen molar-refractivity contribution in [1.29, 1.82) is 0 Å². The zero-order valence-corrected chi connectivity index (χ0v) is 22.8. The topological polar surface area (TPSA) is 122 Å². The molecule has 3 aromatic carbocycles. The average molecular weight is 554 g/mol. The number of rotatable bonds is 8. The fraction of sp³-hybridized carbons (Fsp3) is 0.138. The molecule has 11 heteroatoms. The van der Waals surface area contributed by atoms with Gasteiger partial charge in [-0.05, 0) is 48.0 Å². The van der Waals surface area contributed by atoms with Gasteiger partial charge in [0.25, 0.3) is 0 Å². The Hall–Kier alpha value is -5.03. The number of aromatic nitrogens is 4. The first-order chi connectivity index (χ1) is 19.5. The van der Waals surface area contributed by atoms with Gasteiger partial charge in [-0.2, -0.15) is 0 Å². The summed E-state index contributed by atoms with van der Waals surface area (Å²) in [5.74, 6) is 0.467. The lowest BCUT2D eigenvalue weighted by molar-refractivity contribution is 0.0602. The molecule has 5 aromatic rings. The van der Waals surface area contributed by atoms with Gasteiger partial charge in [0.15, 0.2) is 5.84 Å². The molecular formula is C29H27N7O3S. The number of ether oxygens (including phenoxy) is 1. The van der Waals surface area contributed by atoms with Gasteiger partial charge in [0.05, 0.1) is 30.3 Å². The highest BCUT2D eigenvalue weighted by Gasteiger charge is 2.19. The molecular weight excluding hydrogens is 526 g/mol. The minimum absolute atomic E-state index is 0.113. The molecule has 0 aliphatic rings. The Balaban J connectivity index is 1.43. The Kier molecular flexibility index (Phi) is 7.83. The van der Waals surface area contributed by atoms with Crippen molar-refractivity contribution >= 4 is 46.2 Å². The second-order valence-electron chi connectivity index (χ2n) is 8.76. The minimum Gasteiger partial charge on any atom is -0.465 e. The van der Waals surface area contributed by atoms with Crippen LogP contribution >= 0.6 is 12.2 Å². The van der Waals surface area contributed by atoms with Crippen molar-refractivity contribution in [3.63, 3.8) is 0 Å². The van der Waals surface area contributed by atoms with Gasteiger partial charge in [-0.15, -0.1) is 0 Å². The molecule has 0 aliphatic heterocycles. The first kappa shape index (κ1) is 26.6. The van der Waals surface area contributed by atoms with Crippen molar-refractivity contribution < 1.29 is 14.4 Å². The molecule has 5 rings (SSSR count). The number of imidazole rings is 2. The van der Waals surface area contributed by atoms with Crippen LogP contribution < -0.4 is 11.1 Å². The summed E-state index contributed by atoms with van der Waals surface area (Å²) in [6.07, 6.45) is 4.78. The minimum atomic E-state index is -0.407. The summed E-state index contributed by atoms with van der Waals surface area (Å²) < 4.78 is 8.55. The number of nitrogens with zero attached hydrogens (tertiary/aromatic N) is 5. The molecule has 0 radical (unpaired) electrons. The van der Waals surface area contributed by atoms with E-state index in [2.05, 4.69) is 15.5 Å². The number of hydrogen-bond donors (Lipinski definition) is 2. The summed E-state index contributed by atoms with van der Waals surface area (Å²) in [5, 5.41) is 7.45. The molecule has 0 amide bonds. The van der Waals surface area contributed by atoms with E-state index in [-0.39, 0.29) is 11.0 Å². The van der Waals surface area contributed by atoms with E-state index in [9.17, 15) is 4.79 Å². The summed E-state index contributed by atoms with van der Waals surface area (Å²) in [5.41, 5.74) is 11.8. The summed E-state index contributed by atoms with van der Waals surface area (Å²) in [6.45, 7) is 3.19. The molecule has 0 fully saturated rings. The predicted octanol–water partition coefficient (Wildman–Crippen LogP) is 4.64. The summed E-state index contributed by atoms with van der Waals surface area (Å²) in [6, 6.07) is 21.2. The molecule has 2 aromatic heterocycles. The molecule has 0 bridgehead atoms. The van der Waals surface area contributed by atoms with E-state index in [4.69, 9.17) is 32.5 Å². The standard InChI is InChI=1S/C29H27N7O3S/c1-3-32-28-33-24-10-6-9-23(27(37)38-2)25(24)36(28)17-19-11-13-20(14-12-19)21-7-4-5-8-22(21)26(30)34-39-29(40)35-16-15-31-18-35/h4-16,18H,3,17H2,1-2H3,(H2,30,34)(H,32,33). The average Bonchev–Trinajstić information content (AvgIpc) is 3.65. The number of para-hydroxylation sites is 1. The summed E-state index contributed by atoms with van der Waals surface area (Å²) in [7, 11) is 1.38. The maximum absolute atomic E-state index is 12.5. The number of thiocarbonyl (C=S) groups is 1. The number of esters is 1. The van der Waals surface area contributed by atoms with E-state index in [0.29, 0.717) is 35.7 Å². The fourth-order valence-corrected chi connectivity index (χ4v) is 4.53. The van der Waals surface area contributed by atoms with Crippen LogP contribution in [-0.4, -0.2) is 49.7 Å². The van der Waals surface area contributed by atoms with Gasteiger partial charge in [-0.3, -0.25) is 4.57 Å². The number of nitrogens with one attached hydrogen (secondary N) is 1. The number of carbonyl (C=O) groups is 1. The number of hydrogen-bond acceptors (Lipinski definition) is 8. The van der Waals surface area contributed by atoms with Gasteiger partial charge < -0.3 is 25.2 Å². The lowest BCUT2D eigenvalue weighted by Gasteiger charge is -2.13. The molecule has 2 heterocycles. The molecule has 0 unspecified atom stereocenters. The maximum atomic E-state index is 12.5. The molecule has 0 spiro atoms. The highest BCUT2D eigenvalue weighted by Crippen LogP contribution is 2.28. The van der Waals surface area contributed by atoms with Crippen LogP contribution in [0.4, 0.5) is 5.95 Å². The molecule has 202 valence electrons. The molecule has 40 heavy (non-hydrogen) atoms. The van der Waals surface area contributed by atoms with E-state index >= 15 is 0 Å². The first-order valence-electron chi connectivity index (χ1n) is 12.5. The van der Waals surface area contributed by atoms with E-state index in [1.807, 2.05) is 66.1 Å². The van der Waals surface area contributed by atoms with E-state index in [0.717, 1.165) is 22.2 Å². The highest BCUT2D eigenvalue weighted by molar-refractivity contribution is 7.80. The van der Waals surface area contributed by atoms with Gasteiger partial charge in [-0.25, -0.2) is 14.8 Å². The Morgan fingerprint density at radius 2 is 1.85 bits per heavy atom. The van der Waals surface area contributed by atoms with Gasteiger partial charge in [0, 0.05) is 24.5 Å². The Morgan fingerprint density at radius 1 is 1.07 bits per heavy atom. The van der Waals surface area contributed by atoms with Gasteiger partial charge in [0.2, 0.25) is 5.95 Å². The van der Waals surface area contributed by atoms with Crippen LogP contribution in [-0.2, 0) is 16.1 Å². The third kappa shape index (κ3) is 5.40. The van der Waals surface area contributed by atoms with Crippen molar-refractivity contribution in [3.05, 3.63) is 102 Å². The van der Waals surface area contributed by atoms with Crippen LogP contribution in [0.15, 0.2) is 90.6 Å². The Morgan fingerprint density at radius 3 is 2.58 bits per heavy atom. The zero-order chi connectivity index (χ0) is 28.1. The van der Waals surface area contributed by atoms with Gasteiger partial charge >= 0.3 is 11.1 Å². The second-order valence-corrected chi connectivity index (χ2v) is 9.11. The maximum Gasteiger partial charge on any atom is 0.340 e. The van der Waals surface area contributed by atoms with Crippen LogP contribution in [0.5, 0.6) is 0 Å². The predicted molar refractivity (Wildman–Crippen MR) is 158 cm³/mol. The number of amidine groups is 1. The van der Waals surface area contributed by atoms with Crippen LogP contribution in [0.25, 0.3) is 22.2 Å². The van der Waals surface area contributed by atoms with Gasteiger partial charge in [0.1, 0.15) is 6.33 Å². The molecule has 0 aliphatic carbocycles. The van der Waals surface area contributed by atoms with Crippen LogP contribution in [0, 0.1) is 0 Å². The number of carbonyl (C=O) groups excluding carboxylic acids is 1. The van der Waals surface area contributed by atoms with Crippen molar-refractivity contribution in [1.82, 2.24) is 19.1 Å². The second kappa shape index (κ2) is 11.8. The third-order valence-corrected chi connectivity index (χ3v) is 6.54. The SMILES string of the molecule is CCNc1nc2cccc(C(=O)OC)c2n1Cc1ccc(-c2ccccc2/C(N)=N/OC(=S)n2ccnc2)cc1. The van der Waals surface area contributed by atoms with E-state index in [1.165, 1.54) is 18.0 Å². The molecule has 0 saturated carbocycles. The molecule has 0 atom stereocenters. The van der Waals surface area contributed by atoms with Crippen molar-refractivity contribution in [2.75, 3.05) is 19.0 Å². The highest BCUT2D eigenvalue weighted by atomic mass is 32.1. The quantitative estimate of drug-likeness (QED) is 0.0938. The van der Waals surface area contributed by atoms with Crippen LogP contribution in [0.2, 0.25) is 0 Å². The summed E-state index contributed by atoms with van der Waals surface area (Å²) >= 11 is 5.22. The molecule has 10 nitrogen and oxygen atoms in total. The Labute approximate surface area is 236 Å². The van der Waals surface area contributed by atoms with E-state index < -0.39 is 5.97 Å². The smallest absolute Gasteiger partial charge is 0.340 e.